The lowest BCUT2D eigenvalue weighted by atomic mass is 10.1. The van der Waals surface area contributed by atoms with Crippen LogP contribution in [-0.2, 0) is 6.54 Å². The summed E-state index contributed by atoms with van der Waals surface area (Å²) in [5, 5.41) is 4.04. The third-order valence-electron chi connectivity index (χ3n) is 4.96. The van der Waals surface area contributed by atoms with Gasteiger partial charge in [0.15, 0.2) is 11.6 Å². The minimum absolute atomic E-state index is 0.150. The molecule has 0 aliphatic carbocycles. The smallest absolute Gasteiger partial charge is 0.254 e. The zero-order chi connectivity index (χ0) is 20.4. The Hall–Kier alpha value is -3.13. The highest BCUT2D eigenvalue weighted by molar-refractivity contribution is 5.94. The first-order valence-corrected chi connectivity index (χ1v) is 9.36. The Bertz CT molecular complexity index is 1010. The highest BCUT2D eigenvalue weighted by Crippen LogP contribution is 2.18. The first-order chi connectivity index (χ1) is 14.0. The van der Waals surface area contributed by atoms with Gasteiger partial charge < -0.3 is 9.42 Å². The molecule has 8 heteroatoms. The number of halogens is 2. The van der Waals surface area contributed by atoms with E-state index >= 15 is 0 Å². The van der Waals surface area contributed by atoms with E-state index in [2.05, 4.69) is 15.0 Å². The van der Waals surface area contributed by atoms with Gasteiger partial charge >= 0.3 is 0 Å². The van der Waals surface area contributed by atoms with Crippen molar-refractivity contribution < 1.29 is 18.1 Å². The van der Waals surface area contributed by atoms with Crippen LogP contribution in [0.2, 0.25) is 0 Å². The lowest BCUT2D eigenvalue weighted by Crippen LogP contribution is -2.48. The van der Waals surface area contributed by atoms with Crippen LogP contribution in [0.25, 0.3) is 11.4 Å². The molecule has 6 nitrogen and oxygen atoms in total. The second-order valence-electron chi connectivity index (χ2n) is 7.07. The standard InChI is InChI=1S/C21H20F2N4O2/c1-14-2-4-15(5-3-14)20-24-19(29-25-20)13-26-8-10-27(11-9-26)21(28)16-6-7-17(22)18(23)12-16/h2-7,12H,8-11,13H2,1H3. The molecule has 29 heavy (non-hydrogen) atoms. The summed E-state index contributed by atoms with van der Waals surface area (Å²) in [7, 11) is 0. The Morgan fingerprint density at radius 2 is 1.76 bits per heavy atom. The van der Waals surface area contributed by atoms with Crippen LogP contribution in [0.5, 0.6) is 0 Å². The zero-order valence-electron chi connectivity index (χ0n) is 15.9. The van der Waals surface area contributed by atoms with Crippen molar-refractivity contribution in [2.75, 3.05) is 26.2 Å². The maximum absolute atomic E-state index is 13.4. The average Bonchev–Trinajstić information content (AvgIpc) is 3.19. The molecule has 3 aromatic rings. The van der Waals surface area contributed by atoms with Crippen molar-refractivity contribution in [1.82, 2.24) is 19.9 Å². The monoisotopic (exact) mass is 398 g/mol. The molecule has 1 aromatic heterocycles. The van der Waals surface area contributed by atoms with E-state index < -0.39 is 11.6 Å². The highest BCUT2D eigenvalue weighted by Gasteiger charge is 2.24. The lowest BCUT2D eigenvalue weighted by molar-refractivity contribution is 0.0614. The summed E-state index contributed by atoms with van der Waals surface area (Å²) >= 11 is 0. The van der Waals surface area contributed by atoms with E-state index in [-0.39, 0.29) is 11.5 Å². The highest BCUT2D eigenvalue weighted by atomic mass is 19.2. The molecule has 0 saturated carbocycles. The van der Waals surface area contributed by atoms with E-state index in [1.165, 1.54) is 6.07 Å². The molecule has 0 N–H and O–H groups in total. The largest absolute Gasteiger partial charge is 0.338 e. The molecule has 1 amide bonds. The van der Waals surface area contributed by atoms with Crippen molar-refractivity contribution in [3.8, 4) is 11.4 Å². The fourth-order valence-corrected chi connectivity index (χ4v) is 3.25. The van der Waals surface area contributed by atoms with Crippen molar-refractivity contribution in [2.24, 2.45) is 0 Å². The number of nitrogens with zero attached hydrogens (tertiary/aromatic N) is 4. The number of carbonyl (C=O) groups excluding carboxylic acids is 1. The molecule has 1 fully saturated rings. The van der Waals surface area contributed by atoms with Gasteiger partial charge in [0.2, 0.25) is 11.7 Å². The van der Waals surface area contributed by atoms with Crippen LogP contribution in [0.1, 0.15) is 21.8 Å². The fourth-order valence-electron chi connectivity index (χ4n) is 3.25. The summed E-state index contributed by atoms with van der Waals surface area (Å²) in [5.74, 6) is -1.22. The molecular weight excluding hydrogens is 378 g/mol. The number of aryl methyl sites for hydroxylation is 1. The number of aromatic nitrogens is 2. The van der Waals surface area contributed by atoms with Gasteiger partial charge in [-0.2, -0.15) is 4.98 Å². The maximum atomic E-state index is 13.4. The van der Waals surface area contributed by atoms with E-state index in [0.29, 0.717) is 44.4 Å². The predicted molar refractivity (Wildman–Crippen MR) is 102 cm³/mol. The van der Waals surface area contributed by atoms with Crippen molar-refractivity contribution in [3.05, 3.63) is 71.1 Å². The van der Waals surface area contributed by atoms with E-state index in [4.69, 9.17) is 4.52 Å². The molecule has 150 valence electrons. The van der Waals surface area contributed by atoms with Crippen LogP contribution in [0, 0.1) is 18.6 Å². The third-order valence-corrected chi connectivity index (χ3v) is 4.96. The predicted octanol–water partition coefficient (Wildman–Crippen LogP) is 3.28. The number of benzene rings is 2. The normalized spacial score (nSPS) is 14.9. The van der Waals surface area contributed by atoms with E-state index in [1.54, 1.807) is 4.90 Å². The first-order valence-electron chi connectivity index (χ1n) is 9.36. The average molecular weight is 398 g/mol. The van der Waals surface area contributed by atoms with E-state index in [9.17, 15) is 13.6 Å². The van der Waals surface area contributed by atoms with Crippen LogP contribution >= 0.6 is 0 Å². The summed E-state index contributed by atoms with van der Waals surface area (Å²) in [6.45, 7) is 4.72. The van der Waals surface area contributed by atoms with Gasteiger partial charge in [0.25, 0.3) is 5.91 Å². The van der Waals surface area contributed by atoms with Gasteiger partial charge in [0.1, 0.15) is 0 Å². The van der Waals surface area contributed by atoms with Gasteiger partial charge in [0.05, 0.1) is 6.54 Å². The first kappa shape index (κ1) is 19.2. The van der Waals surface area contributed by atoms with Gasteiger partial charge in [-0.1, -0.05) is 35.0 Å². The molecular formula is C21H20F2N4O2. The van der Waals surface area contributed by atoms with Crippen LogP contribution in [0.15, 0.2) is 47.0 Å². The summed E-state index contributed by atoms with van der Waals surface area (Å²) in [6.07, 6.45) is 0. The number of hydrogen-bond acceptors (Lipinski definition) is 5. The zero-order valence-corrected chi connectivity index (χ0v) is 15.9. The molecule has 0 radical (unpaired) electrons. The van der Waals surface area contributed by atoms with Crippen LogP contribution in [0.4, 0.5) is 8.78 Å². The van der Waals surface area contributed by atoms with Crippen LogP contribution in [-0.4, -0.2) is 52.0 Å². The Labute approximate surface area is 166 Å². The van der Waals surface area contributed by atoms with Gasteiger partial charge in [-0.3, -0.25) is 9.69 Å². The molecule has 1 aliphatic rings. The van der Waals surface area contributed by atoms with Crippen molar-refractivity contribution >= 4 is 5.91 Å². The van der Waals surface area contributed by atoms with Crippen molar-refractivity contribution in [1.29, 1.82) is 0 Å². The van der Waals surface area contributed by atoms with Crippen LogP contribution < -0.4 is 0 Å². The molecule has 4 rings (SSSR count). The van der Waals surface area contributed by atoms with E-state index in [1.807, 2.05) is 31.2 Å². The fraction of sp³-hybridized carbons (Fsp3) is 0.286. The molecule has 0 spiro atoms. The summed E-state index contributed by atoms with van der Waals surface area (Å²) in [6, 6.07) is 11.1. The van der Waals surface area contributed by atoms with Crippen molar-refractivity contribution in [3.63, 3.8) is 0 Å². The molecule has 0 unspecified atom stereocenters. The summed E-state index contributed by atoms with van der Waals surface area (Å²) in [4.78, 5) is 20.7. The molecule has 2 aromatic carbocycles. The van der Waals surface area contributed by atoms with Crippen LogP contribution in [0.3, 0.4) is 0 Å². The van der Waals surface area contributed by atoms with Gasteiger partial charge in [0, 0.05) is 37.3 Å². The Balaban J connectivity index is 1.33. The number of rotatable bonds is 4. The molecule has 1 saturated heterocycles. The molecule has 0 bridgehead atoms. The number of piperazine rings is 1. The van der Waals surface area contributed by atoms with Gasteiger partial charge in [-0.15, -0.1) is 0 Å². The van der Waals surface area contributed by atoms with Gasteiger partial charge in [-0.05, 0) is 25.1 Å². The number of carbonyl (C=O) groups is 1. The Morgan fingerprint density at radius 1 is 1.03 bits per heavy atom. The van der Waals surface area contributed by atoms with Crippen molar-refractivity contribution in [2.45, 2.75) is 13.5 Å². The SMILES string of the molecule is Cc1ccc(-c2noc(CN3CCN(C(=O)c4ccc(F)c(F)c4)CC3)n2)cc1. The molecule has 2 heterocycles. The lowest BCUT2D eigenvalue weighted by Gasteiger charge is -2.34. The Morgan fingerprint density at radius 3 is 2.45 bits per heavy atom. The summed E-state index contributed by atoms with van der Waals surface area (Å²) in [5.41, 5.74) is 2.21. The molecule has 1 aliphatic heterocycles. The topological polar surface area (TPSA) is 62.5 Å². The minimum Gasteiger partial charge on any atom is -0.338 e. The number of amides is 1. The number of hydrogen-bond donors (Lipinski definition) is 0. The second kappa shape index (κ2) is 8.08. The van der Waals surface area contributed by atoms with E-state index in [0.717, 1.165) is 23.3 Å². The second-order valence-corrected chi connectivity index (χ2v) is 7.07. The quantitative estimate of drug-likeness (QED) is 0.675. The third kappa shape index (κ3) is 4.32. The molecule has 0 atom stereocenters. The summed E-state index contributed by atoms with van der Waals surface area (Å²) < 4.78 is 31.8. The van der Waals surface area contributed by atoms with Gasteiger partial charge in [-0.25, -0.2) is 8.78 Å². The minimum atomic E-state index is -1.02. The Kier molecular flexibility index (Phi) is 5.35. The maximum Gasteiger partial charge on any atom is 0.254 e.